The number of nitrogens with one attached hydrogen (secondary N) is 1. The van der Waals surface area contributed by atoms with Crippen LogP contribution in [0, 0.1) is 0 Å². The third kappa shape index (κ3) is 6.87. The van der Waals surface area contributed by atoms with Crippen molar-refractivity contribution in [3.05, 3.63) is 0 Å². The zero-order valence-electron chi connectivity index (χ0n) is 10.1. The number of ether oxygens (including phenoxy) is 1. The van der Waals surface area contributed by atoms with Crippen molar-refractivity contribution in [3.63, 3.8) is 0 Å². The predicted octanol–water partition coefficient (Wildman–Crippen LogP) is 0.824. The van der Waals surface area contributed by atoms with Crippen LogP contribution in [-0.2, 0) is 14.6 Å². The maximum atomic E-state index is 11.4. The minimum Gasteiger partial charge on any atom is -0.383 e. The van der Waals surface area contributed by atoms with E-state index in [0.717, 1.165) is 6.42 Å². The molecule has 0 aliphatic heterocycles. The van der Waals surface area contributed by atoms with Gasteiger partial charge in [-0.2, -0.15) is 0 Å². The molecule has 0 amide bonds. The van der Waals surface area contributed by atoms with Crippen LogP contribution < -0.4 is 5.32 Å². The molecule has 0 aromatic carbocycles. The second-order valence-corrected chi connectivity index (χ2v) is 6.22. The van der Waals surface area contributed by atoms with E-state index in [0.29, 0.717) is 6.61 Å². The minimum atomic E-state index is -2.89. The number of methoxy groups -OCH3 is 1. The van der Waals surface area contributed by atoms with Gasteiger partial charge in [-0.3, -0.25) is 0 Å². The molecule has 0 aromatic rings. The molecular weight excluding hydrogens is 214 g/mol. The van der Waals surface area contributed by atoms with Gasteiger partial charge in [0, 0.05) is 24.9 Å². The van der Waals surface area contributed by atoms with Gasteiger partial charge in [0.05, 0.1) is 12.4 Å². The van der Waals surface area contributed by atoms with E-state index in [9.17, 15) is 8.42 Å². The van der Waals surface area contributed by atoms with E-state index in [4.69, 9.17) is 4.74 Å². The molecule has 0 saturated carbocycles. The number of sulfone groups is 1. The first-order chi connectivity index (χ1) is 6.95. The van der Waals surface area contributed by atoms with E-state index in [1.807, 2.05) is 6.92 Å². The molecule has 0 rings (SSSR count). The lowest BCUT2D eigenvalue weighted by molar-refractivity contribution is 0.160. The molecule has 4 nitrogen and oxygen atoms in total. The van der Waals surface area contributed by atoms with Gasteiger partial charge in [-0.1, -0.05) is 13.8 Å². The Morgan fingerprint density at radius 2 is 1.93 bits per heavy atom. The summed E-state index contributed by atoms with van der Waals surface area (Å²) in [4.78, 5) is 0. The van der Waals surface area contributed by atoms with E-state index in [1.54, 1.807) is 14.0 Å². The van der Waals surface area contributed by atoms with Crippen LogP contribution in [-0.4, -0.2) is 45.7 Å². The number of hydrogen-bond donors (Lipinski definition) is 1. The summed E-state index contributed by atoms with van der Waals surface area (Å²) in [6.45, 7) is 6.24. The van der Waals surface area contributed by atoms with Crippen LogP contribution in [0.5, 0.6) is 0 Å². The fourth-order valence-electron chi connectivity index (χ4n) is 1.43. The minimum absolute atomic E-state index is 0.0185. The highest BCUT2D eigenvalue weighted by molar-refractivity contribution is 7.91. The second-order valence-electron chi connectivity index (χ2n) is 3.83. The summed E-state index contributed by atoms with van der Waals surface area (Å²) in [5.74, 6) is 0.407. The Labute approximate surface area is 93.3 Å². The lowest BCUT2D eigenvalue weighted by Gasteiger charge is -2.21. The van der Waals surface area contributed by atoms with E-state index in [1.165, 1.54) is 0 Å². The van der Waals surface area contributed by atoms with E-state index < -0.39 is 9.84 Å². The standard InChI is InChI=1S/C10H23NO3S/c1-5-10(7-14-4)11-9(3)8-15(12,13)6-2/h9-11H,5-8H2,1-4H3. The Kier molecular flexibility index (Phi) is 7.13. The summed E-state index contributed by atoms with van der Waals surface area (Å²) in [6.07, 6.45) is 0.935. The molecule has 0 radical (unpaired) electrons. The summed E-state index contributed by atoms with van der Waals surface area (Å²) >= 11 is 0. The lowest BCUT2D eigenvalue weighted by atomic mass is 10.2. The van der Waals surface area contributed by atoms with Gasteiger partial charge < -0.3 is 10.1 Å². The van der Waals surface area contributed by atoms with Gasteiger partial charge in [-0.25, -0.2) is 8.42 Å². The zero-order valence-corrected chi connectivity index (χ0v) is 10.9. The third-order valence-electron chi connectivity index (χ3n) is 2.32. The normalized spacial score (nSPS) is 16.3. The summed E-state index contributed by atoms with van der Waals surface area (Å²) in [5.41, 5.74) is 0. The Bertz CT molecular complexity index is 251. The first kappa shape index (κ1) is 14.9. The average Bonchev–Trinajstić information content (AvgIpc) is 2.16. The molecule has 15 heavy (non-hydrogen) atoms. The molecule has 2 atom stereocenters. The summed E-state index contributed by atoms with van der Waals surface area (Å²) in [7, 11) is -1.24. The monoisotopic (exact) mass is 237 g/mol. The van der Waals surface area contributed by atoms with Gasteiger partial charge in [0.1, 0.15) is 0 Å². The molecule has 1 N–H and O–H groups in total. The molecule has 0 spiro atoms. The molecule has 0 aliphatic carbocycles. The highest BCUT2D eigenvalue weighted by Gasteiger charge is 2.16. The van der Waals surface area contributed by atoms with Crippen LogP contribution in [0.15, 0.2) is 0 Å². The SMILES string of the molecule is CCC(COC)NC(C)CS(=O)(=O)CC. The molecule has 92 valence electrons. The zero-order chi connectivity index (χ0) is 11.9. The molecule has 0 aromatic heterocycles. The molecule has 2 unspecified atom stereocenters. The van der Waals surface area contributed by atoms with Gasteiger partial charge in [-0.05, 0) is 13.3 Å². The van der Waals surface area contributed by atoms with Gasteiger partial charge in [0.2, 0.25) is 0 Å². The van der Waals surface area contributed by atoms with Gasteiger partial charge in [0.25, 0.3) is 0 Å². The first-order valence-electron chi connectivity index (χ1n) is 5.40. The highest BCUT2D eigenvalue weighted by Crippen LogP contribution is 1.99. The summed E-state index contributed by atoms with van der Waals surface area (Å²) in [5, 5.41) is 3.25. The molecule has 0 saturated heterocycles. The van der Waals surface area contributed by atoms with Crippen LogP contribution in [0.4, 0.5) is 0 Å². The van der Waals surface area contributed by atoms with Crippen molar-refractivity contribution in [3.8, 4) is 0 Å². The van der Waals surface area contributed by atoms with Crippen LogP contribution in [0.3, 0.4) is 0 Å². The van der Waals surface area contributed by atoms with Gasteiger partial charge in [-0.15, -0.1) is 0 Å². The van der Waals surface area contributed by atoms with Crippen molar-refractivity contribution < 1.29 is 13.2 Å². The smallest absolute Gasteiger partial charge is 0.151 e. The molecule has 0 fully saturated rings. The predicted molar refractivity (Wildman–Crippen MR) is 62.9 cm³/mol. The van der Waals surface area contributed by atoms with Crippen LogP contribution in [0.1, 0.15) is 27.2 Å². The van der Waals surface area contributed by atoms with Gasteiger partial charge in [0.15, 0.2) is 9.84 Å². The van der Waals surface area contributed by atoms with Crippen molar-refractivity contribution in [2.45, 2.75) is 39.3 Å². The van der Waals surface area contributed by atoms with E-state index >= 15 is 0 Å². The van der Waals surface area contributed by atoms with Crippen molar-refractivity contribution in [2.75, 3.05) is 25.2 Å². The van der Waals surface area contributed by atoms with Crippen molar-refractivity contribution >= 4 is 9.84 Å². The Hall–Kier alpha value is -0.130. The maximum absolute atomic E-state index is 11.4. The topological polar surface area (TPSA) is 55.4 Å². The molecule has 0 aliphatic rings. The number of hydrogen-bond acceptors (Lipinski definition) is 4. The lowest BCUT2D eigenvalue weighted by Crippen LogP contribution is -2.42. The van der Waals surface area contributed by atoms with Crippen molar-refractivity contribution in [1.29, 1.82) is 0 Å². The molecule has 0 bridgehead atoms. The largest absolute Gasteiger partial charge is 0.383 e. The fourth-order valence-corrected chi connectivity index (χ4v) is 2.53. The Morgan fingerprint density at radius 3 is 2.33 bits per heavy atom. The Balaban J connectivity index is 4.06. The van der Waals surface area contributed by atoms with Crippen LogP contribution >= 0.6 is 0 Å². The summed E-state index contributed by atoms with van der Waals surface area (Å²) in [6, 6.07) is 0.215. The molecular formula is C10H23NO3S. The van der Waals surface area contributed by atoms with Crippen LogP contribution in [0.2, 0.25) is 0 Å². The number of rotatable bonds is 8. The summed E-state index contributed by atoms with van der Waals surface area (Å²) < 4.78 is 27.8. The average molecular weight is 237 g/mol. The van der Waals surface area contributed by atoms with Crippen molar-refractivity contribution in [1.82, 2.24) is 5.32 Å². The fraction of sp³-hybridized carbons (Fsp3) is 1.00. The first-order valence-corrected chi connectivity index (χ1v) is 7.22. The van der Waals surface area contributed by atoms with Crippen molar-refractivity contribution in [2.24, 2.45) is 0 Å². The third-order valence-corrected chi connectivity index (χ3v) is 4.21. The quantitative estimate of drug-likeness (QED) is 0.679. The maximum Gasteiger partial charge on any atom is 0.151 e. The van der Waals surface area contributed by atoms with E-state index in [-0.39, 0.29) is 23.6 Å². The van der Waals surface area contributed by atoms with Crippen LogP contribution in [0.25, 0.3) is 0 Å². The highest BCUT2D eigenvalue weighted by atomic mass is 32.2. The molecule has 0 heterocycles. The Morgan fingerprint density at radius 1 is 1.33 bits per heavy atom. The second kappa shape index (κ2) is 7.19. The van der Waals surface area contributed by atoms with E-state index in [2.05, 4.69) is 12.2 Å². The molecule has 5 heteroatoms. The van der Waals surface area contributed by atoms with Gasteiger partial charge >= 0.3 is 0 Å².